The zero-order chi connectivity index (χ0) is 14.1. The van der Waals surface area contributed by atoms with Crippen molar-refractivity contribution >= 4 is 0 Å². The molecule has 20 heavy (non-hydrogen) atoms. The number of furan rings is 1. The Hall–Kier alpha value is -0.840. The summed E-state index contributed by atoms with van der Waals surface area (Å²) in [4.78, 5) is 4.76. The van der Waals surface area contributed by atoms with E-state index in [4.69, 9.17) is 9.15 Å². The Morgan fingerprint density at radius 3 is 2.90 bits per heavy atom. The minimum atomic E-state index is 0.399. The van der Waals surface area contributed by atoms with Gasteiger partial charge in [-0.2, -0.15) is 0 Å². The van der Waals surface area contributed by atoms with Gasteiger partial charge in [-0.05, 0) is 52.0 Å². The van der Waals surface area contributed by atoms with Crippen LogP contribution in [0.15, 0.2) is 16.5 Å². The SMILES string of the molecule is Cc1ccc(CN2CC[C@H]3CO[C@H](CN(C)C)[C@H]3C2)o1. The molecule has 2 aliphatic heterocycles. The summed E-state index contributed by atoms with van der Waals surface area (Å²) in [5.74, 6) is 3.53. The van der Waals surface area contributed by atoms with Gasteiger partial charge in [0.05, 0.1) is 19.3 Å². The lowest BCUT2D eigenvalue weighted by molar-refractivity contribution is 0.0530. The van der Waals surface area contributed by atoms with Gasteiger partial charge >= 0.3 is 0 Å². The van der Waals surface area contributed by atoms with Crippen molar-refractivity contribution in [1.82, 2.24) is 9.80 Å². The number of likely N-dealkylation sites (N-methyl/N-ethyl adjacent to an activating group) is 1. The van der Waals surface area contributed by atoms with Crippen molar-refractivity contribution in [2.75, 3.05) is 40.3 Å². The molecule has 3 atom stereocenters. The molecule has 4 heteroatoms. The van der Waals surface area contributed by atoms with E-state index < -0.39 is 0 Å². The van der Waals surface area contributed by atoms with Crippen molar-refractivity contribution in [1.29, 1.82) is 0 Å². The van der Waals surface area contributed by atoms with Crippen molar-refractivity contribution < 1.29 is 9.15 Å². The zero-order valence-electron chi connectivity index (χ0n) is 12.8. The third-order valence-electron chi connectivity index (χ3n) is 4.61. The van der Waals surface area contributed by atoms with Gasteiger partial charge in [0.25, 0.3) is 0 Å². The van der Waals surface area contributed by atoms with E-state index in [2.05, 4.69) is 36.0 Å². The largest absolute Gasteiger partial charge is 0.465 e. The van der Waals surface area contributed by atoms with Gasteiger partial charge < -0.3 is 14.1 Å². The van der Waals surface area contributed by atoms with Gasteiger partial charge in [-0.25, -0.2) is 0 Å². The van der Waals surface area contributed by atoms with Crippen LogP contribution in [0.5, 0.6) is 0 Å². The summed E-state index contributed by atoms with van der Waals surface area (Å²) in [5, 5.41) is 0. The summed E-state index contributed by atoms with van der Waals surface area (Å²) in [6.07, 6.45) is 1.66. The van der Waals surface area contributed by atoms with Crippen molar-refractivity contribution in [2.45, 2.75) is 26.0 Å². The van der Waals surface area contributed by atoms with Gasteiger partial charge in [0.15, 0.2) is 0 Å². The van der Waals surface area contributed by atoms with E-state index in [1.54, 1.807) is 0 Å². The lowest BCUT2D eigenvalue weighted by Gasteiger charge is -2.36. The molecule has 1 aromatic rings. The quantitative estimate of drug-likeness (QED) is 0.842. The fourth-order valence-corrected chi connectivity index (χ4v) is 3.58. The molecule has 2 fully saturated rings. The maximum Gasteiger partial charge on any atom is 0.118 e. The van der Waals surface area contributed by atoms with Crippen molar-refractivity contribution in [3.05, 3.63) is 23.7 Å². The molecular weight excluding hydrogens is 252 g/mol. The molecule has 0 bridgehead atoms. The first-order valence-electron chi connectivity index (χ1n) is 7.66. The molecule has 0 saturated carbocycles. The molecule has 0 aromatic carbocycles. The number of likely N-dealkylation sites (tertiary alicyclic amines) is 1. The van der Waals surface area contributed by atoms with Crippen LogP contribution in [-0.4, -0.2) is 56.2 Å². The lowest BCUT2D eigenvalue weighted by Crippen LogP contribution is -2.44. The van der Waals surface area contributed by atoms with Crippen LogP contribution in [0.3, 0.4) is 0 Å². The normalized spacial score (nSPS) is 30.9. The lowest BCUT2D eigenvalue weighted by atomic mass is 9.84. The zero-order valence-corrected chi connectivity index (χ0v) is 12.8. The van der Waals surface area contributed by atoms with Gasteiger partial charge in [0, 0.05) is 19.0 Å². The number of ether oxygens (including phenoxy) is 1. The Kier molecular flexibility index (Phi) is 4.15. The van der Waals surface area contributed by atoms with E-state index in [0.717, 1.165) is 43.7 Å². The van der Waals surface area contributed by atoms with Crippen LogP contribution in [0, 0.1) is 18.8 Å². The van der Waals surface area contributed by atoms with Gasteiger partial charge in [-0.15, -0.1) is 0 Å². The van der Waals surface area contributed by atoms with E-state index >= 15 is 0 Å². The number of aryl methyl sites for hydroxylation is 1. The molecule has 112 valence electrons. The van der Waals surface area contributed by atoms with Gasteiger partial charge in [-0.1, -0.05) is 0 Å². The number of fused-ring (bicyclic) bond motifs is 1. The highest BCUT2D eigenvalue weighted by molar-refractivity contribution is 5.06. The van der Waals surface area contributed by atoms with E-state index in [1.165, 1.54) is 13.0 Å². The van der Waals surface area contributed by atoms with Crippen LogP contribution in [0.2, 0.25) is 0 Å². The first-order chi connectivity index (χ1) is 9.61. The molecule has 0 aliphatic carbocycles. The topological polar surface area (TPSA) is 28.9 Å². The summed E-state index contributed by atoms with van der Waals surface area (Å²) in [7, 11) is 4.26. The van der Waals surface area contributed by atoms with Gasteiger partial charge in [0.1, 0.15) is 11.5 Å². The second kappa shape index (κ2) is 5.88. The molecule has 2 saturated heterocycles. The summed E-state index contributed by atoms with van der Waals surface area (Å²) in [6.45, 7) is 7.24. The standard InChI is InChI=1S/C16H26N2O2/c1-12-4-5-14(20-12)8-18-7-6-13-11-19-16(10-17(2)3)15(13)9-18/h4-5,13,15-16H,6-11H2,1-3H3/t13-,15-,16+/m0/s1. The Balaban J connectivity index is 1.60. The van der Waals surface area contributed by atoms with E-state index in [-0.39, 0.29) is 0 Å². The monoisotopic (exact) mass is 278 g/mol. The fraction of sp³-hybridized carbons (Fsp3) is 0.750. The van der Waals surface area contributed by atoms with E-state index in [9.17, 15) is 0 Å². The van der Waals surface area contributed by atoms with Crippen LogP contribution in [-0.2, 0) is 11.3 Å². The molecule has 0 amide bonds. The average molecular weight is 278 g/mol. The summed E-state index contributed by atoms with van der Waals surface area (Å²) >= 11 is 0. The fourth-order valence-electron chi connectivity index (χ4n) is 3.58. The molecule has 2 aliphatic rings. The predicted octanol–water partition coefficient (Wildman–Crippen LogP) is 1.99. The first kappa shape index (κ1) is 14.1. The number of piperidine rings is 1. The van der Waals surface area contributed by atoms with Crippen molar-refractivity contribution in [2.24, 2.45) is 11.8 Å². The summed E-state index contributed by atoms with van der Waals surface area (Å²) < 4.78 is 11.7. The average Bonchev–Trinajstić information content (AvgIpc) is 2.96. The second-order valence-corrected chi connectivity index (χ2v) is 6.59. The highest BCUT2D eigenvalue weighted by Crippen LogP contribution is 2.34. The van der Waals surface area contributed by atoms with E-state index in [0.29, 0.717) is 12.0 Å². The van der Waals surface area contributed by atoms with Crippen LogP contribution >= 0.6 is 0 Å². The molecule has 0 spiro atoms. The molecule has 0 unspecified atom stereocenters. The Morgan fingerprint density at radius 1 is 1.35 bits per heavy atom. The highest BCUT2D eigenvalue weighted by Gasteiger charge is 2.40. The Bertz CT molecular complexity index is 443. The predicted molar refractivity (Wildman–Crippen MR) is 78.6 cm³/mol. The smallest absolute Gasteiger partial charge is 0.118 e. The van der Waals surface area contributed by atoms with Crippen molar-refractivity contribution in [3.63, 3.8) is 0 Å². The van der Waals surface area contributed by atoms with Gasteiger partial charge in [-0.3, -0.25) is 4.90 Å². The maximum atomic E-state index is 6.02. The summed E-state index contributed by atoms with van der Waals surface area (Å²) in [6, 6.07) is 4.15. The molecular formula is C16H26N2O2. The van der Waals surface area contributed by atoms with Crippen molar-refractivity contribution in [3.8, 4) is 0 Å². The van der Waals surface area contributed by atoms with Gasteiger partial charge in [0.2, 0.25) is 0 Å². The van der Waals surface area contributed by atoms with Crippen LogP contribution < -0.4 is 0 Å². The minimum absolute atomic E-state index is 0.399. The molecule has 1 aromatic heterocycles. The molecule has 0 N–H and O–H groups in total. The number of rotatable bonds is 4. The number of hydrogen-bond donors (Lipinski definition) is 0. The Morgan fingerprint density at radius 2 is 2.20 bits per heavy atom. The third-order valence-corrected chi connectivity index (χ3v) is 4.61. The molecule has 0 radical (unpaired) electrons. The van der Waals surface area contributed by atoms with Crippen LogP contribution in [0.25, 0.3) is 0 Å². The van der Waals surface area contributed by atoms with Crippen LogP contribution in [0.1, 0.15) is 17.9 Å². The minimum Gasteiger partial charge on any atom is -0.465 e. The highest BCUT2D eigenvalue weighted by atomic mass is 16.5. The summed E-state index contributed by atoms with van der Waals surface area (Å²) in [5.41, 5.74) is 0. The molecule has 4 nitrogen and oxygen atoms in total. The molecule has 3 heterocycles. The maximum absolute atomic E-state index is 6.02. The molecule has 3 rings (SSSR count). The number of hydrogen-bond acceptors (Lipinski definition) is 4. The third kappa shape index (κ3) is 3.08. The van der Waals surface area contributed by atoms with Crippen LogP contribution in [0.4, 0.5) is 0 Å². The number of nitrogens with zero attached hydrogens (tertiary/aromatic N) is 2. The second-order valence-electron chi connectivity index (χ2n) is 6.59. The Labute approximate surface area is 121 Å². The van der Waals surface area contributed by atoms with E-state index in [1.807, 2.05) is 6.92 Å². The first-order valence-corrected chi connectivity index (χ1v) is 7.66.